The van der Waals surface area contributed by atoms with E-state index < -0.39 is 0 Å². The fourth-order valence-electron chi connectivity index (χ4n) is 1.35. The van der Waals surface area contributed by atoms with Crippen LogP contribution in [0.4, 0.5) is 0 Å². The summed E-state index contributed by atoms with van der Waals surface area (Å²) in [5.74, 6) is -0.142. The summed E-state index contributed by atoms with van der Waals surface area (Å²) in [5, 5.41) is 2.76. The number of carbonyl (C=O) groups is 1. The van der Waals surface area contributed by atoms with Crippen LogP contribution in [0, 0.1) is 0 Å². The van der Waals surface area contributed by atoms with Crippen LogP contribution in [-0.2, 0) is 11.3 Å². The van der Waals surface area contributed by atoms with Crippen molar-refractivity contribution >= 4 is 5.91 Å². The van der Waals surface area contributed by atoms with Gasteiger partial charge in [0, 0.05) is 18.8 Å². The van der Waals surface area contributed by atoms with Crippen molar-refractivity contribution in [2.24, 2.45) is 0 Å². The van der Waals surface area contributed by atoms with E-state index in [-0.39, 0.29) is 12.0 Å². The molecule has 6 nitrogen and oxygen atoms in total. The van der Waals surface area contributed by atoms with E-state index in [0.717, 1.165) is 6.54 Å². The molecule has 1 amide bonds. The zero-order chi connectivity index (χ0) is 15.0. The van der Waals surface area contributed by atoms with Gasteiger partial charge in [0.05, 0.1) is 18.3 Å². The van der Waals surface area contributed by atoms with Crippen molar-refractivity contribution in [2.75, 3.05) is 20.6 Å². The van der Waals surface area contributed by atoms with Crippen molar-refractivity contribution in [3.05, 3.63) is 30.1 Å². The molecule has 0 fully saturated rings. The third-order valence-corrected chi connectivity index (χ3v) is 2.22. The summed E-state index contributed by atoms with van der Waals surface area (Å²) in [6.07, 6.45) is 4.97. The number of ether oxygens (including phenoxy) is 1. The van der Waals surface area contributed by atoms with E-state index in [2.05, 4.69) is 15.3 Å². The van der Waals surface area contributed by atoms with Crippen LogP contribution in [0.3, 0.4) is 0 Å². The van der Waals surface area contributed by atoms with Crippen molar-refractivity contribution in [3.8, 4) is 6.01 Å². The number of nitrogens with zero attached hydrogens (tertiary/aromatic N) is 3. The summed E-state index contributed by atoms with van der Waals surface area (Å²) in [4.78, 5) is 21.8. The van der Waals surface area contributed by atoms with Gasteiger partial charge in [-0.3, -0.25) is 4.79 Å². The minimum atomic E-state index is -0.142. The highest BCUT2D eigenvalue weighted by atomic mass is 16.5. The maximum atomic E-state index is 11.6. The first-order chi connectivity index (χ1) is 9.47. The molecule has 1 aromatic rings. The molecule has 0 atom stereocenters. The third kappa shape index (κ3) is 6.84. The van der Waals surface area contributed by atoms with Crippen LogP contribution >= 0.6 is 0 Å². The predicted molar refractivity (Wildman–Crippen MR) is 77.3 cm³/mol. The second-order valence-electron chi connectivity index (χ2n) is 4.88. The van der Waals surface area contributed by atoms with Crippen LogP contribution in [0.15, 0.2) is 24.4 Å². The van der Waals surface area contributed by atoms with Gasteiger partial charge in [0.2, 0.25) is 5.91 Å². The summed E-state index contributed by atoms with van der Waals surface area (Å²) in [7, 11) is 3.89. The van der Waals surface area contributed by atoms with E-state index in [1.54, 1.807) is 12.3 Å². The van der Waals surface area contributed by atoms with Gasteiger partial charge < -0.3 is 15.0 Å². The van der Waals surface area contributed by atoms with E-state index in [4.69, 9.17) is 4.74 Å². The molecule has 1 heterocycles. The standard InChI is InChI=1S/C14H22N4O2/c1-11(2)20-14-15-8-7-12(17-14)10-16-13(19)6-5-9-18(3)4/h5-8,11H,9-10H2,1-4H3,(H,16,19)/b6-5+. The van der Waals surface area contributed by atoms with Gasteiger partial charge in [-0.1, -0.05) is 6.08 Å². The minimum absolute atomic E-state index is 0.0220. The zero-order valence-corrected chi connectivity index (χ0v) is 12.5. The largest absolute Gasteiger partial charge is 0.461 e. The molecule has 0 spiro atoms. The van der Waals surface area contributed by atoms with Gasteiger partial charge in [0.1, 0.15) is 0 Å². The zero-order valence-electron chi connectivity index (χ0n) is 12.5. The number of hydrogen-bond acceptors (Lipinski definition) is 5. The van der Waals surface area contributed by atoms with Gasteiger partial charge in [0.15, 0.2) is 0 Å². The van der Waals surface area contributed by atoms with Gasteiger partial charge in [-0.25, -0.2) is 4.98 Å². The minimum Gasteiger partial charge on any atom is -0.461 e. The smallest absolute Gasteiger partial charge is 0.316 e. The number of nitrogens with one attached hydrogen (secondary N) is 1. The van der Waals surface area contributed by atoms with E-state index in [1.165, 1.54) is 6.08 Å². The average molecular weight is 278 g/mol. The van der Waals surface area contributed by atoms with E-state index in [0.29, 0.717) is 18.2 Å². The van der Waals surface area contributed by atoms with Crippen molar-refractivity contribution in [2.45, 2.75) is 26.5 Å². The molecule has 1 N–H and O–H groups in total. The van der Waals surface area contributed by atoms with E-state index in [1.807, 2.05) is 38.9 Å². The van der Waals surface area contributed by atoms with Gasteiger partial charge >= 0.3 is 6.01 Å². The van der Waals surface area contributed by atoms with Crippen LogP contribution in [0.1, 0.15) is 19.5 Å². The van der Waals surface area contributed by atoms with Gasteiger partial charge in [0.25, 0.3) is 0 Å². The second kappa shape index (κ2) is 8.27. The van der Waals surface area contributed by atoms with E-state index >= 15 is 0 Å². The lowest BCUT2D eigenvalue weighted by atomic mass is 10.4. The Hall–Kier alpha value is -1.95. The molecule has 0 aliphatic carbocycles. The lowest BCUT2D eigenvalue weighted by Crippen LogP contribution is -2.22. The Morgan fingerprint density at radius 2 is 2.25 bits per heavy atom. The Morgan fingerprint density at radius 3 is 2.90 bits per heavy atom. The molecule has 0 aromatic carbocycles. The Balaban J connectivity index is 2.45. The molecule has 0 bridgehead atoms. The molecule has 0 unspecified atom stereocenters. The van der Waals surface area contributed by atoms with Crippen molar-refractivity contribution in [3.63, 3.8) is 0 Å². The molecule has 6 heteroatoms. The Kier molecular flexibility index (Phi) is 6.66. The number of likely N-dealkylation sites (N-methyl/N-ethyl adjacent to an activating group) is 1. The molecule has 20 heavy (non-hydrogen) atoms. The van der Waals surface area contributed by atoms with Crippen molar-refractivity contribution in [1.82, 2.24) is 20.2 Å². The van der Waals surface area contributed by atoms with Crippen LogP contribution in [-0.4, -0.2) is 47.5 Å². The van der Waals surface area contributed by atoms with Crippen LogP contribution in [0.2, 0.25) is 0 Å². The highest BCUT2D eigenvalue weighted by molar-refractivity contribution is 5.87. The first kappa shape index (κ1) is 16.1. The highest BCUT2D eigenvalue weighted by Gasteiger charge is 2.03. The molecular formula is C14H22N4O2. The van der Waals surface area contributed by atoms with Crippen molar-refractivity contribution in [1.29, 1.82) is 0 Å². The molecule has 0 saturated carbocycles. The first-order valence-corrected chi connectivity index (χ1v) is 6.55. The summed E-state index contributed by atoms with van der Waals surface area (Å²) in [6.45, 7) is 4.90. The normalized spacial score (nSPS) is 11.3. The Bertz CT molecular complexity index is 458. The van der Waals surface area contributed by atoms with Gasteiger partial charge in [-0.05, 0) is 34.0 Å². The molecule has 0 aliphatic rings. The molecule has 0 radical (unpaired) electrons. The summed E-state index contributed by atoms with van der Waals surface area (Å²) < 4.78 is 5.40. The molecule has 110 valence electrons. The lowest BCUT2D eigenvalue weighted by molar-refractivity contribution is -0.116. The Morgan fingerprint density at radius 1 is 1.50 bits per heavy atom. The fourth-order valence-corrected chi connectivity index (χ4v) is 1.35. The number of rotatable bonds is 7. The third-order valence-electron chi connectivity index (χ3n) is 2.22. The maximum Gasteiger partial charge on any atom is 0.316 e. The quantitative estimate of drug-likeness (QED) is 0.754. The number of carbonyl (C=O) groups excluding carboxylic acids is 1. The molecular weight excluding hydrogens is 256 g/mol. The topological polar surface area (TPSA) is 67.3 Å². The van der Waals surface area contributed by atoms with Gasteiger partial charge in [-0.2, -0.15) is 4.98 Å². The molecule has 1 aromatic heterocycles. The lowest BCUT2D eigenvalue weighted by Gasteiger charge is -2.08. The number of amides is 1. The SMILES string of the molecule is CC(C)Oc1nccc(CNC(=O)/C=C/CN(C)C)n1. The van der Waals surface area contributed by atoms with Crippen LogP contribution in [0.25, 0.3) is 0 Å². The fraction of sp³-hybridized carbons (Fsp3) is 0.500. The van der Waals surface area contributed by atoms with Crippen LogP contribution in [0.5, 0.6) is 6.01 Å². The summed E-state index contributed by atoms with van der Waals surface area (Å²) >= 11 is 0. The molecule has 1 rings (SSSR count). The molecule has 0 saturated heterocycles. The predicted octanol–water partition coefficient (Wildman–Crippen LogP) is 0.998. The maximum absolute atomic E-state index is 11.6. The number of hydrogen-bond donors (Lipinski definition) is 1. The van der Waals surface area contributed by atoms with Crippen molar-refractivity contribution < 1.29 is 9.53 Å². The number of aromatic nitrogens is 2. The summed E-state index contributed by atoms with van der Waals surface area (Å²) in [6, 6.07) is 2.08. The first-order valence-electron chi connectivity index (χ1n) is 6.55. The monoisotopic (exact) mass is 278 g/mol. The van der Waals surface area contributed by atoms with Crippen LogP contribution < -0.4 is 10.1 Å². The Labute approximate surface area is 119 Å². The second-order valence-corrected chi connectivity index (χ2v) is 4.88. The highest BCUT2D eigenvalue weighted by Crippen LogP contribution is 2.05. The van der Waals surface area contributed by atoms with E-state index in [9.17, 15) is 4.79 Å². The summed E-state index contributed by atoms with van der Waals surface area (Å²) in [5.41, 5.74) is 0.713. The average Bonchev–Trinajstić information content (AvgIpc) is 2.35. The van der Waals surface area contributed by atoms with Gasteiger partial charge in [-0.15, -0.1) is 0 Å². The molecule has 0 aliphatic heterocycles.